The van der Waals surface area contributed by atoms with Crippen molar-refractivity contribution in [1.82, 2.24) is 9.97 Å². The van der Waals surface area contributed by atoms with E-state index in [-0.39, 0.29) is 10.7 Å². The summed E-state index contributed by atoms with van der Waals surface area (Å²) in [5.74, 6) is 0.312. The number of benzene rings is 1. The zero-order valence-electron chi connectivity index (χ0n) is 13.4. The lowest BCUT2D eigenvalue weighted by atomic mass is 10.00. The third kappa shape index (κ3) is 2.87. The van der Waals surface area contributed by atoms with Gasteiger partial charge >= 0.3 is 0 Å². The summed E-state index contributed by atoms with van der Waals surface area (Å²) in [6.45, 7) is 3.59. The quantitative estimate of drug-likeness (QED) is 0.619. The van der Waals surface area contributed by atoms with Crippen LogP contribution in [-0.2, 0) is 16.3 Å². The van der Waals surface area contributed by atoms with E-state index in [0.717, 1.165) is 17.4 Å². The number of aryl methyl sites for hydroxylation is 1. The number of ketones is 1. The summed E-state index contributed by atoms with van der Waals surface area (Å²) in [5, 5.41) is 0.368. The molecule has 0 atom stereocenters. The van der Waals surface area contributed by atoms with Crippen molar-refractivity contribution in [1.29, 1.82) is 0 Å². The smallest absolute Gasteiger partial charge is 0.195 e. The second kappa shape index (κ2) is 5.79. The highest BCUT2D eigenvalue weighted by atomic mass is 35.5. The third-order valence-electron chi connectivity index (χ3n) is 3.95. The number of halogens is 1. The molecule has 0 fully saturated rings. The van der Waals surface area contributed by atoms with Crippen LogP contribution in [0, 0.1) is 6.92 Å². The Morgan fingerprint density at radius 2 is 1.75 bits per heavy atom. The molecule has 1 aliphatic rings. The van der Waals surface area contributed by atoms with Crippen molar-refractivity contribution in [3.05, 3.63) is 57.6 Å². The molecular formula is C17H15ClN2O3S. The maximum Gasteiger partial charge on any atom is 0.195 e. The van der Waals surface area contributed by atoms with Crippen LogP contribution in [-0.4, -0.2) is 30.4 Å². The SMILES string of the molecule is CC1=C(C(=O)c2ccc(S(C)(=O)=O)cc2)c2nc(C)nc(Cl)c2C1. The molecule has 0 saturated carbocycles. The molecule has 0 bridgehead atoms. The summed E-state index contributed by atoms with van der Waals surface area (Å²) in [6.07, 6.45) is 1.67. The Kier molecular flexibility index (Phi) is 4.05. The zero-order valence-corrected chi connectivity index (χ0v) is 15.0. The predicted octanol–water partition coefficient (Wildman–Crippen LogP) is 3.05. The summed E-state index contributed by atoms with van der Waals surface area (Å²) >= 11 is 6.17. The molecule has 0 aliphatic heterocycles. The number of aromatic nitrogens is 2. The number of Topliss-reactive ketones (excluding diaryl/α,β-unsaturated/α-hetero) is 1. The van der Waals surface area contributed by atoms with Gasteiger partial charge in [-0.05, 0) is 44.5 Å². The summed E-state index contributed by atoms with van der Waals surface area (Å²) in [7, 11) is -3.30. The van der Waals surface area contributed by atoms with Crippen molar-refractivity contribution in [2.24, 2.45) is 0 Å². The lowest BCUT2D eigenvalue weighted by Crippen LogP contribution is -2.06. The Morgan fingerprint density at radius 1 is 1.12 bits per heavy atom. The van der Waals surface area contributed by atoms with Crippen LogP contribution in [0.15, 0.2) is 34.7 Å². The minimum absolute atomic E-state index is 0.179. The second-order valence-corrected chi connectivity index (χ2v) is 8.22. The third-order valence-corrected chi connectivity index (χ3v) is 5.39. The molecular weight excluding hydrogens is 348 g/mol. The van der Waals surface area contributed by atoms with Crippen LogP contribution < -0.4 is 0 Å². The molecule has 2 aromatic rings. The second-order valence-electron chi connectivity index (χ2n) is 5.85. The van der Waals surface area contributed by atoms with Gasteiger partial charge in [0.15, 0.2) is 15.6 Å². The van der Waals surface area contributed by atoms with Gasteiger partial charge in [-0.15, -0.1) is 0 Å². The van der Waals surface area contributed by atoms with Gasteiger partial charge in [0, 0.05) is 23.0 Å². The summed E-state index contributed by atoms with van der Waals surface area (Å²) in [6, 6.07) is 5.92. The van der Waals surface area contributed by atoms with Gasteiger partial charge in [0.25, 0.3) is 0 Å². The Hall–Kier alpha value is -2.05. The van der Waals surface area contributed by atoms with Gasteiger partial charge in [-0.2, -0.15) is 0 Å². The van der Waals surface area contributed by atoms with E-state index in [1.807, 2.05) is 6.92 Å². The van der Waals surface area contributed by atoms with Crippen molar-refractivity contribution < 1.29 is 13.2 Å². The largest absolute Gasteiger partial charge is 0.289 e. The minimum atomic E-state index is -3.30. The molecule has 124 valence electrons. The van der Waals surface area contributed by atoms with Gasteiger partial charge in [0.05, 0.1) is 10.6 Å². The van der Waals surface area contributed by atoms with E-state index in [2.05, 4.69) is 9.97 Å². The first-order valence-electron chi connectivity index (χ1n) is 7.26. The van der Waals surface area contributed by atoms with Gasteiger partial charge in [-0.1, -0.05) is 17.2 Å². The fourth-order valence-electron chi connectivity index (χ4n) is 2.78. The summed E-state index contributed by atoms with van der Waals surface area (Å²) < 4.78 is 23.1. The lowest BCUT2D eigenvalue weighted by Gasteiger charge is -2.07. The lowest BCUT2D eigenvalue weighted by molar-refractivity contribution is 0.105. The average molecular weight is 363 g/mol. The Balaban J connectivity index is 2.05. The number of fused-ring (bicyclic) bond motifs is 1. The van der Waals surface area contributed by atoms with Gasteiger partial charge in [-0.3, -0.25) is 4.79 Å². The van der Waals surface area contributed by atoms with Crippen molar-refractivity contribution in [2.45, 2.75) is 25.2 Å². The number of hydrogen-bond donors (Lipinski definition) is 0. The molecule has 1 heterocycles. The van der Waals surface area contributed by atoms with E-state index in [1.165, 1.54) is 24.3 Å². The number of carbonyl (C=O) groups is 1. The molecule has 1 aromatic heterocycles. The van der Waals surface area contributed by atoms with Crippen LogP contribution in [0.25, 0.3) is 5.57 Å². The van der Waals surface area contributed by atoms with Crippen LogP contribution in [0.1, 0.15) is 34.4 Å². The van der Waals surface area contributed by atoms with Crippen molar-refractivity contribution in [2.75, 3.05) is 6.26 Å². The van der Waals surface area contributed by atoms with Gasteiger partial charge < -0.3 is 0 Å². The highest BCUT2D eigenvalue weighted by Gasteiger charge is 2.29. The number of hydrogen-bond acceptors (Lipinski definition) is 5. The van der Waals surface area contributed by atoms with E-state index in [0.29, 0.717) is 34.2 Å². The monoisotopic (exact) mass is 362 g/mol. The topological polar surface area (TPSA) is 77.0 Å². The predicted molar refractivity (Wildman–Crippen MR) is 92.0 cm³/mol. The molecule has 0 saturated heterocycles. The standard InChI is InChI=1S/C17H15ClN2O3S/c1-9-8-13-15(19-10(2)20-17(13)18)14(9)16(21)11-4-6-12(7-5-11)24(3,22)23/h4-7H,8H2,1-3H3. The van der Waals surface area contributed by atoms with Crippen LogP contribution in [0.4, 0.5) is 0 Å². The minimum Gasteiger partial charge on any atom is -0.289 e. The maximum atomic E-state index is 12.9. The normalized spacial score (nSPS) is 14.0. The van der Waals surface area contributed by atoms with Crippen molar-refractivity contribution in [3.63, 3.8) is 0 Å². The van der Waals surface area contributed by atoms with E-state index in [1.54, 1.807) is 6.92 Å². The number of allylic oxidation sites excluding steroid dienone is 2. The summed E-state index contributed by atoms with van der Waals surface area (Å²) in [4.78, 5) is 21.6. The first-order valence-corrected chi connectivity index (χ1v) is 9.53. The first-order chi connectivity index (χ1) is 11.2. The molecule has 0 spiro atoms. The molecule has 5 nitrogen and oxygen atoms in total. The first kappa shape index (κ1) is 16.8. The Labute approximate surface area is 145 Å². The van der Waals surface area contributed by atoms with E-state index in [4.69, 9.17) is 11.6 Å². The van der Waals surface area contributed by atoms with Crippen molar-refractivity contribution >= 4 is 32.8 Å². The Bertz CT molecular complexity index is 993. The van der Waals surface area contributed by atoms with Gasteiger partial charge in [-0.25, -0.2) is 18.4 Å². The summed E-state index contributed by atoms with van der Waals surface area (Å²) in [5.41, 5.74) is 3.14. The molecule has 0 amide bonds. The average Bonchev–Trinajstić information content (AvgIpc) is 2.82. The highest BCUT2D eigenvalue weighted by Crippen LogP contribution is 2.36. The maximum absolute atomic E-state index is 12.9. The fraction of sp³-hybridized carbons (Fsp3) is 0.235. The van der Waals surface area contributed by atoms with E-state index in [9.17, 15) is 13.2 Å². The highest BCUT2D eigenvalue weighted by molar-refractivity contribution is 7.90. The molecule has 3 rings (SSSR count). The number of sulfone groups is 1. The van der Waals surface area contributed by atoms with Crippen LogP contribution in [0.2, 0.25) is 5.15 Å². The zero-order chi connectivity index (χ0) is 17.6. The van der Waals surface area contributed by atoms with Crippen LogP contribution in [0.3, 0.4) is 0 Å². The van der Waals surface area contributed by atoms with E-state index < -0.39 is 9.84 Å². The van der Waals surface area contributed by atoms with E-state index >= 15 is 0 Å². The molecule has 0 unspecified atom stereocenters. The molecule has 7 heteroatoms. The molecule has 0 N–H and O–H groups in total. The fourth-order valence-corrected chi connectivity index (χ4v) is 3.69. The number of rotatable bonds is 3. The number of nitrogens with zero attached hydrogens (tertiary/aromatic N) is 2. The van der Waals surface area contributed by atoms with Gasteiger partial charge in [0.1, 0.15) is 11.0 Å². The van der Waals surface area contributed by atoms with Gasteiger partial charge in [0.2, 0.25) is 0 Å². The molecule has 1 aromatic carbocycles. The Morgan fingerprint density at radius 3 is 2.33 bits per heavy atom. The molecule has 24 heavy (non-hydrogen) atoms. The molecule has 1 aliphatic carbocycles. The van der Waals surface area contributed by atoms with Crippen molar-refractivity contribution in [3.8, 4) is 0 Å². The number of carbonyl (C=O) groups excluding carboxylic acids is 1. The van der Waals surface area contributed by atoms with Crippen LogP contribution >= 0.6 is 11.6 Å². The molecule has 0 radical (unpaired) electrons. The van der Waals surface area contributed by atoms with Crippen LogP contribution in [0.5, 0.6) is 0 Å².